The fourth-order valence-electron chi connectivity index (χ4n) is 18.5. The smallest absolute Gasteiger partial charge is 0.0863 e. The van der Waals surface area contributed by atoms with Gasteiger partial charge in [-0.3, -0.25) is 0 Å². The third-order valence-electron chi connectivity index (χ3n) is 26.5. The summed E-state index contributed by atoms with van der Waals surface area (Å²) < 4.78 is 15.4. The van der Waals surface area contributed by atoms with Crippen molar-refractivity contribution >= 4 is 22.7 Å². The van der Waals surface area contributed by atoms with Gasteiger partial charge in [0.05, 0.1) is 84.9 Å². The van der Waals surface area contributed by atoms with Gasteiger partial charge < -0.3 is 28.8 Å². The number of benzene rings is 2. The summed E-state index contributed by atoms with van der Waals surface area (Å²) in [6.07, 6.45) is 117. The minimum Gasteiger partial charge on any atom is -0.545 e. The van der Waals surface area contributed by atoms with Crippen LogP contribution in [0.1, 0.15) is 590 Å². The first-order chi connectivity index (χ1) is 58.0. The average Bonchev–Trinajstić information content (AvgIpc) is 0.809. The molecule has 0 bridgehead atoms. The average molecular weight is 1670 g/mol. The third-order valence-corrected chi connectivity index (χ3v) is 28.0. The molecule has 0 fully saturated rings. The van der Waals surface area contributed by atoms with Gasteiger partial charge in [-0.05, 0) is 115 Å². The molecule has 0 saturated carbocycles. The number of rotatable bonds is 92. The van der Waals surface area contributed by atoms with Crippen molar-refractivity contribution in [2.45, 2.75) is 579 Å². The standard InChI is InChI=1S/2C48H100N.C14H10O5S/c2*1-5-9-13-17-21-25-29-33-37-41-45-49(46-42-38-34-30-26-22-18-14-10-6-2,47-43-39-35-31-27-23-19-15-11-7-3)48-44-40-36-32-28-24-20-16-12-8-4;15-13(16)9-5-1-3-7-11(9)20(19)12-8-4-2-6-10(12)14(17)18/h2*5-48H2,1-4H3;1-8H,(H,15,16)(H,17,18)/q2*+1;/p-2. The largest absolute Gasteiger partial charge is 0.545 e. The van der Waals surface area contributed by atoms with Crippen molar-refractivity contribution in [2.24, 2.45) is 0 Å². The minimum absolute atomic E-state index is 0.0128. The van der Waals surface area contributed by atoms with Crippen LogP contribution in [0.4, 0.5) is 0 Å². The van der Waals surface area contributed by atoms with Crippen molar-refractivity contribution in [2.75, 3.05) is 52.4 Å². The van der Waals surface area contributed by atoms with Crippen molar-refractivity contribution in [3.8, 4) is 0 Å². The lowest BCUT2D eigenvalue weighted by Gasteiger charge is -2.40. The maximum atomic E-state index is 12.4. The second-order valence-electron chi connectivity index (χ2n) is 37.8. The van der Waals surface area contributed by atoms with Crippen LogP contribution < -0.4 is 10.2 Å². The molecule has 0 radical (unpaired) electrons. The lowest BCUT2D eigenvalue weighted by molar-refractivity contribution is -0.929. The third kappa shape index (κ3) is 73.8. The van der Waals surface area contributed by atoms with E-state index in [9.17, 15) is 24.0 Å². The van der Waals surface area contributed by atoms with Gasteiger partial charge in [0.15, 0.2) is 0 Å². The Bertz CT molecular complexity index is 2010. The zero-order valence-electron chi connectivity index (χ0n) is 81.2. The summed E-state index contributed by atoms with van der Waals surface area (Å²) in [4.78, 5) is 22.0. The number of hydrogen-bond donors (Lipinski definition) is 0. The number of carboxylic acid groups (broad SMARTS) is 2. The molecule has 7 nitrogen and oxygen atoms in total. The van der Waals surface area contributed by atoms with Gasteiger partial charge in [0.25, 0.3) is 0 Å². The fourth-order valence-corrected chi connectivity index (χ4v) is 19.9. The Morgan fingerprint density at radius 2 is 0.305 bits per heavy atom. The molecule has 0 unspecified atom stereocenters. The summed E-state index contributed by atoms with van der Waals surface area (Å²) >= 11 is 0. The maximum Gasteiger partial charge on any atom is 0.0863 e. The van der Waals surface area contributed by atoms with Gasteiger partial charge in [0.2, 0.25) is 0 Å². The quantitative estimate of drug-likeness (QED) is 0.0485. The number of carboxylic acids is 2. The van der Waals surface area contributed by atoms with Crippen LogP contribution in [0.25, 0.3) is 0 Å². The Morgan fingerprint density at radius 3 is 0.424 bits per heavy atom. The molecule has 2 aromatic carbocycles. The Balaban J connectivity index is 0.00000188. The van der Waals surface area contributed by atoms with Crippen LogP contribution in [0.5, 0.6) is 0 Å². The molecular weight excluding hydrogens is 1460 g/mol. The van der Waals surface area contributed by atoms with E-state index in [4.69, 9.17) is 0 Å². The number of aromatic carboxylic acids is 2. The van der Waals surface area contributed by atoms with E-state index in [-0.39, 0.29) is 20.9 Å². The van der Waals surface area contributed by atoms with Crippen molar-refractivity contribution in [1.82, 2.24) is 0 Å². The molecule has 0 aliphatic heterocycles. The summed E-state index contributed by atoms with van der Waals surface area (Å²) in [6, 6.07) is 11.2. The fraction of sp³-hybridized carbons (Fsp3) is 0.873. The molecule has 0 saturated heterocycles. The highest BCUT2D eigenvalue weighted by Crippen LogP contribution is 2.28. The number of hydrogen-bond acceptors (Lipinski definition) is 5. The molecular formula is C110H208N2O5S. The van der Waals surface area contributed by atoms with Crippen LogP contribution in [-0.2, 0) is 10.8 Å². The van der Waals surface area contributed by atoms with Crippen LogP contribution in [-0.4, -0.2) is 77.5 Å². The Labute approximate surface area is 741 Å². The number of carbonyl (C=O) groups excluding carboxylic acids is 2. The highest BCUT2D eigenvalue weighted by Gasteiger charge is 2.28. The number of quaternary nitrogens is 2. The minimum atomic E-state index is -1.95. The highest BCUT2D eigenvalue weighted by atomic mass is 32.2. The van der Waals surface area contributed by atoms with E-state index < -0.39 is 22.7 Å². The van der Waals surface area contributed by atoms with Gasteiger partial charge in [-0.25, -0.2) is 4.21 Å². The van der Waals surface area contributed by atoms with Gasteiger partial charge in [-0.1, -0.05) is 503 Å². The topological polar surface area (TPSA) is 97.3 Å². The number of unbranched alkanes of at least 4 members (excludes halogenated alkanes) is 72. The molecule has 0 atom stereocenters. The van der Waals surface area contributed by atoms with Crippen molar-refractivity contribution in [1.29, 1.82) is 0 Å². The molecule has 0 aromatic heterocycles. The predicted molar refractivity (Wildman–Crippen MR) is 520 cm³/mol. The van der Waals surface area contributed by atoms with Gasteiger partial charge in [-0.15, -0.1) is 0 Å². The van der Waals surface area contributed by atoms with Crippen molar-refractivity contribution in [3.05, 3.63) is 59.7 Å². The molecule has 8 heteroatoms. The van der Waals surface area contributed by atoms with Crippen LogP contribution >= 0.6 is 0 Å². The van der Waals surface area contributed by atoms with Crippen molar-refractivity contribution in [3.63, 3.8) is 0 Å². The molecule has 0 spiro atoms. The molecule has 0 N–H and O–H groups in total. The first-order valence-electron chi connectivity index (χ1n) is 53.7. The molecule has 118 heavy (non-hydrogen) atoms. The Hall–Kier alpha value is -2.55. The highest BCUT2D eigenvalue weighted by molar-refractivity contribution is 7.85. The zero-order chi connectivity index (χ0) is 85.9. The van der Waals surface area contributed by atoms with Gasteiger partial charge in [0, 0.05) is 11.1 Å². The number of carbonyl (C=O) groups is 2. The lowest BCUT2D eigenvalue weighted by atomic mass is 10.0. The van der Waals surface area contributed by atoms with Crippen LogP contribution in [0.3, 0.4) is 0 Å². The first-order valence-corrected chi connectivity index (χ1v) is 54.9. The molecule has 0 aliphatic rings. The van der Waals surface area contributed by atoms with E-state index in [1.807, 2.05) is 0 Å². The van der Waals surface area contributed by atoms with Gasteiger partial charge in [0.1, 0.15) is 0 Å². The maximum absolute atomic E-state index is 12.4. The Kier molecular flexibility index (Phi) is 90.1. The normalized spacial score (nSPS) is 11.7. The van der Waals surface area contributed by atoms with E-state index >= 15 is 0 Å². The van der Waals surface area contributed by atoms with Gasteiger partial charge >= 0.3 is 0 Å². The van der Waals surface area contributed by atoms with E-state index in [0.717, 1.165) is 0 Å². The lowest BCUT2D eigenvalue weighted by Crippen LogP contribution is -2.50. The summed E-state index contributed by atoms with van der Waals surface area (Å²) in [5.74, 6) is -2.94. The van der Waals surface area contributed by atoms with Gasteiger partial charge in [-0.2, -0.15) is 0 Å². The van der Waals surface area contributed by atoms with E-state index in [1.54, 1.807) is 0 Å². The molecule has 0 heterocycles. The molecule has 0 amide bonds. The molecule has 2 aromatic rings. The van der Waals surface area contributed by atoms with E-state index in [1.165, 1.54) is 624 Å². The second-order valence-corrected chi connectivity index (χ2v) is 39.2. The first kappa shape index (κ1) is 115. The summed E-state index contributed by atoms with van der Waals surface area (Å²) in [5, 5.41) is 22.0. The number of nitrogens with zero attached hydrogens (tertiary/aromatic N) is 2. The molecule has 694 valence electrons. The SMILES string of the molecule is CCCCCCCCCCCC[N+](CCCCCCCCCCCC)(CCCCCCCCCCCC)CCCCCCCCCCCC.CCCCCCCCCCCC[N+](CCCCCCCCCCCC)(CCCCCCCCCCCC)CCCCCCCCCCCC.O=C([O-])c1ccccc1S(=O)c1ccccc1C(=O)[O-]. The summed E-state index contributed by atoms with van der Waals surface area (Å²) in [6.45, 7) is 30.6. The summed E-state index contributed by atoms with van der Waals surface area (Å²) in [5.41, 5.74) is -0.474. The van der Waals surface area contributed by atoms with E-state index in [0.29, 0.717) is 0 Å². The zero-order valence-corrected chi connectivity index (χ0v) is 82.0. The summed E-state index contributed by atoms with van der Waals surface area (Å²) in [7, 11) is -1.95. The van der Waals surface area contributed by atoms with Crippen LogP contribution in [0.2, 0.25) is 0 Å². The second kappa shape index (κ2) is 92.1. The molecule has 0 aliphatic carbocycles. The van der Waals surface area contributed by atoms with Crippen LogP contribution in [0.15, 0.2) is 58.3 Å². The van der Waals surface area contributed by atoms with Crippen molar-refractivity contribution < 1.29 is 33.0 Å². The van der Waals surface area contributed by atoms with E-state index in [2.05, 4.69) is 55.4 Å². The van der Waals surface area contributed by atoms with Crippen LogP contribution in [0, 0.1) is 0 Å². The predicted octanol–water partition coefficient (Wildman–Crippen LogP) is 34.6. The molecule has 2 rings (SSSR count). The monoisotopic (exact) mass is 1670 g/mol. The Morgan fingerprint density at radius 1 is 0.195 bits per heavy atom.